The van der Waals surface area contributed by atoms with Crippen molar-refractivity contribution in [3.8, 4) is 5.75 Å². The largest absolute Gasteiger partial charge is 0.507 e. The summed E-state index contributed by atoms with van der Waals surface area (Å²) in [7, 11) is 0. The van der Waals surface area contributed by atoms with E-state index in [1.54, 1.807) is 48.5 Å². The van der Waals surface area contributed by atoms with E-state index in [1.807, 2.05) is 6.07 Å². The summed E-state index contributed by atoms with van der Waals surface area (Å²) in [6.07, 6.45) is 1.20. The summed E-state index contributed by atoms with van der Waals surface area (Å²) in [6.45, 7) is 0. The molecule has 0 saturated carbocycles. The number of carbonyl (C=O) groups is 3. The maximum atomic E-state index is 12.6. The number of hydrogen-bond acceptors (Lipinski definition) is 5. The molecule has 0 aromatic heterocycles. The maximum Gasteiger partial charge on any atom is 0.329 e. The fourth-order valence-electron chi connectivity index (χ4n) is 2.53. The summed E-state index contributed by atoms with van der Waals surface area (Å²) < 4.78 is 0.709. The van der Waals surface area contributed by atoms with Gasteiger partial charge in [0.25, 0.3) is 5.91 Å². The lowest BCUT2D eigenvalue weighted by Gasteiger charge is -2.11. The van der Waals surface area contributed by atoms with E-state index in [2.05, 4.69) is 37.1 Å². The minimum Gasteiger partial charge on any atom is -0.507 e. The first-order valence-corrected chi connectivity index (χ1v) is 9.81. The lowest BCUT2D eigenvalue weighted by Crippen LogP contribution is -2.33. The van der Waals surface area contributed by atoms with Gasteiger partial charge >= 0.3 is 11.8 Å². The first-order valence-electron chi connectivity index (χ1n) is 9.02. The van der Waals surface area contributed by atoms with Crippen molar-refractivity contribution in [1.29, 1.82) is 0 Å². The van der Waals surface area contributed by atoms with Crippen molar-refractivity contribution in [3.05, 3.63) is 88.4 Å². The minimum atomic E-state index is -1.04. The monoisotopic (exact) mass is 480 g/mol. The molecular formula is C22H17BrN4O4. The Hall–Kier alpha value is -3.98. The van der Waals surface area contributed by atoms with Crippen LogP contribution in [-0.4, -0.2) is 29.0 Å². The molecule has 8 nitrogen and oxygen atoms in total. The van der Waals surface area contributed by atoms with E-state index in [9.17, 15) is 19.5 Å². The number of aromatic hydroxyl groups is 1. The van der Waals surface area contributed by atoms with Crippen LogP contribution in [0.5, 0.6) is 5.75 Å². The van der Waals surface area contributed by atoms with Crippen molar-refractivity contribution in [1.82, 2.24) is 5.43 Å². The number of carbonyl (C=O) groups excluding carboxylic acids is 3. The van der Waals surface area contributed by atoms with Gasteiger partial charge in [0.1, 0.15) is 5.75 Å². The molecule has 9 heteroatoms. The zero-order valence-electron chi connectivity index (χ0n) is 16.0. The molecule has 3 rings (SSSR count). The smallest absolute Gasteiger partial charge is 0.329 e. The van der Waals surface area contributed by atoms with Crippen molar-refractivity contribution in [3.63, 3.8) is 0 Å². The van der Waals surface area contributed by atoms with Gasteiger partial charge in [0.2, 0.25) is 0 Å². The Labute approximate surface area is 186 Å². The second-order valence-corrected chi connectivity index (χ2v) is 7.14. The molecule has 0 aliphatic rings. The fourth-order valence-corrected chi connectivity index (χ4v) is 2.91. The van der Waals surface area contributed by atoms with E-state index < -0.39 is 17.7 Å². The number of phenols is 1. The van der Waals surface area contributed by atoms with Crippen molar-refractivity contribution in [2.24, 2.45) is 5.10 Å². The number of para-hydroxylation sites is 2. The fraction of sp³-hybridized carbons (Fsp3) is 0. The van der Waals surface area contributed by atoms with Gasteiger partial charge in [-0.3, -0.25) is 14.4 Å². The van der Waals surface area contributed by atoms with Gasteiger partial charge < -0.3 is 15.7 Å². The minimum absolute atomic E-state index is 0.0380. The lowest BCUT2D eigenvalue weighted by atomic mass is 10.1. The number of amides is 3. The Morgan fingerprint density at radius 3 is 2.35 bits per heavy atom. The van der Waals surface area contributed by atoms with Crippen LogP contribution in [0.15, 0.2) is 82.4 Å². The third-order valence-corrected chi connectivity index (χ3v) is 4.51. The van der Waals surface area contributed by atoms with Crippen molar-refractivity contribution in [2.45, 2.75) is 0 Å². The second kappa shape index (κ2) is 10.2. The van der Waals surface area contributed by atoms with E-state index in [-0.39, 0.29) is 17.0 Å². The topological polar surface area (TPSA) is 120 Å². The highest BCUT2D eigenvalue weighted by Gasteiger charge is 2.17. The predicted octanol–water partition coefficient (Wildman–Crippen LogP) is 3.50. The zero-order chi connectivity index (χ0) is 22.2. The molecule has 0 bridgehead atoms. The van der Waals surface area contributed by atoms with Crippen LogP contribution in [0.25, 0.3) is 0 Å². The van der Waals surface area contributed by atoms with E-state index in [4.69, 9.17) is 0 Å². The molecule has 31 heavy (non-hydrogen) atoms. The number of hydrogen-bond donors (Lipinski definition) is 4. The number of halogens is 1. The number of rotatable bonds is 5. The molecule has 3 aromatic carbocycles. The van der Waals surface area contributed by atoms with E-state index >= 15 is 0 Å². The molecular weight excluding hydrogens is 464 g/mol. The zero-order valence-corrected chi connectivity index (χ0v) is 17.6. The van der Waals surface area contributed by atoms with E-state index in [0.29, 0.717) is 15.7 Å². The summed E-state index contributed by atoms with van der Waals surface area (Å²) in [5, 5.41) is 18.5. The van der Waals surface area contributed by atoms with Crippen molar-refractivity contribution < 1.29 is 19.5 Å². The molecule has 0 unspecified atom stereocenters. The first-order chi connectivity index (χ1) is 14.9. The number of nitrogens with zero attached hydrogens (tertiary/aromatic N) is 1. The first kappa shape index (κ1) is 21.7. The predicted molar refractivity (Wildman–Crippen MR) is 121 cm³/mol. The van der Waals surface area contributed by atoms with Gasteiger partial charge in [0, 0.05) is 15.7 Å². The van der Waals surface area contributed by atoms with Crippen LogP contribution in [0, 0.1) is 0 Å². The van der Waals surface area contributed by atoms with Crippen LogP contribution >= 0.6 is 15.9 Å². The quantitative estimate of drug-likeness (QED) is 0.253. The van der Waals surface area contributed by atoms with Crippen LogP contribution in [0.3, 0.4) is 0 Å². The molecule has 0 fully saturated rings. The number of benzene rings is 3. The van der Waals surface area contributed by atoms with Gasteiger partial charge in [-0.2, -0.15) is 5.10 Å². The molecule has 0 spiro atoms. The molecule has 0 radical (unpaired) electrons. The molecule has 4 N–H and O–H groups in total. The van der Waals surface area contributed by atoms with Gasteiger partial charge in [-0.1, -0.05) is 46.3 Å². The highest BCUT2D eigenvalue weighted by molar-refractivity contribution is 9.10. The van der Waals surface area contributed by atoms with Gasteiger partial charge in [0.15, 0.2) is 0 Å². The number of anilines is 2. The number of phenolic OH excluding ortho intramolecular Hbond substituents is 1. The second-order valence-electron chi connectivity index (χ2n) is 6.22. The van der Waals surface area contributed by atoms with Crippen LogP contribution < -0.4 is 16.1 Å². The van der Waals surface area contributed by atoms with E-state index in [0.717, 1.165) is 0 Å². The van der Waals surface area contributed by atoms with Crippen LogP contribution in [0.4, 0.5) is 11.4 Å². The summed E-state index contributed by atoms with van der Waals surface area (Å²) in [6, 6.07) is 19.8. The molecule has 0 aliphatic heterocycles. The summed E-state index contributed by atoms with van der Waals surface area (Å²) in [4.78, 5) is 36.8. The number of hydrazone groups is 1. The Balaban J connectivity index is 1.65. The normalized spacial score (nSPS) is 10.5. The molecule has 0 saturated heterocycles. The summed E-state index contributed by atoms with van der Waals surface area (Å²) in [5.74, 6) is -2.52. The van der Waals surface area contributed by atoms with Crippen LogP contribution in [0.1, 0.15) is 15.9 Å². The van der Waals surface area contributed by atoms with Crippen molar-refractivity contribution >= 4 is 51.2 Å². The Kier molecular flexibility index (Phi) is 7.13. The third kappa shape index (κ3) is 6.00. The maximum absolute atomic E-state index is 12.6. The molecule has 0 heterocycles. The average Bonchev–Trinajstić information content (AvgIpc) is 2.77. The highest BCUT2D eigenvalue weighted by Crippen LogP contribution is 2.20. The molecule has 0 aliphatic carbocycles. The van der Waals surface area contributed by atoms with Gasteiger partial charge in [-0.15, -0.1) is 0 Å². The number of nitrogens with one attached hydrogen (secondary N) is 3. The van der Waals surface area contributed by atoms with Gasteiger partial charge in [-0.25, -0.2) is 5.43 Å². The van der Waals surface area contributed by atoms with Gasteiger partial charge in [0.05, 0.1) is 17.5 Å². The van der Waals surface area contributed by atoms with Crippen LogP contribution in [0.2, 0.25) is 0 Å². The molecule has 156 valence electrons. The Morgan fingerprint density at radius 2 is 1.58 bits per heavy atom. The molecule has 3 amide bonds. The van der Waals surface area contributed by atoms with Crippen molar-refractivity contribution in [2.75, 3.05) is 10.6 Å². The average molecular weight is 481 g/mol. The highest BCUT2D eigenvalue weighted by atomic mass is 79.9. The van der Waals surface area contributed by atoms with Gasteiger partial charge in [-0.05, 0) is 42.5 Å². The van der Waals surface area contributed by atoms with Crippen LogP contribution in [-0.2, 0) is 9.59 Å². The van der Waals surface area contributed by atoms with E-state index in [1.165, 1.54) is 24.4 Å². The standard InChI is InChI=1S/C22H17BrN4O4/c23-15-10-11-19(28)14(12-15)13-24-27-22(31)21(30)26-18-9-5-4-8-17(18)20(29)25-16-6-2-1-3-7-16/h1-13,28H,(H,25,29)(H,26,30)(H,27,31)/b24-13-. The summed E-state index contributed by atoms with van der Waals surface area (Å²) >= 11 is 3.26. The Morgan fingerprint density at radius 1 is 0.871 bits per heavy atom. The molecule has 0 atom stereocenters. The third-order valence-electron chi connectivity index (χ3n) is 4.02. The Bertz CT molecular complexity index is 1150. The summed E-state index contributed by atoms with van der Waals surface area (Å²) in [5.41, 5.74) is 3.38. The molecule has 3 aromatic rings. The lowest BCUT2D eigenvalue weighted by molar-refractivity contribution is -0.136. The SMILES string of the molecule is O=C(N/N=C\c1cc(Br)ccc1O)C(=O)Nc1ccccc1C(=O)Nc1ccccc1.